The van der Waals surface area contributed by atoms with Gasteiger partial charge in [0.1, 0.15) is 5.82 Å². The maximum atomic E-state index is 14.1. The fraction of sp³-hybridized carbons (Fsp3) is 0.571. The molecule has 0 bridgehead atoms. The van der Waals surface area contributed by atoms with Crippen LogP contribution in [0.2, 0.25) is 0 Å². The van der Waals surface area contributed by atoms with E-state index < -0.39 is 0 Å². The minimum atomic E-state index is -0.0926. The Bertz CT molecular complexity index is 389. The van der Waals surface area contributed by atoms with Gasteiger partial charge in [-0.1, -0.05) is 19.9 Å². The van der Waals surface area contributed by atoms with E-state index in [1.54, 1.807) is 6.07 Å². The number of thioether (sulfide) groups is 1. The van der Waals surface area contributed by atoms with Crippen molar-refractivity contribution in [3.8, 4) is 0 Å². The number of anilines is 1. The molecule has 1 aliphatic rings. The first kappa shape index (κ1) is 13.7. The van der Waals surface area contributed by atoms with Crippen molar-refractivity contribution < 1.29 is 4.39 Å². The minimum absolute atomic E-state index is 0.0926. The van der Waals surface area contributed by atoms with Crippen LogP contribution >= 0.6 is 11.8 Å². The predicted octanol–water partition coefficient (Wildman–Crippen LogP) is 2.88. The molecule has 4 heteroatoms. The number of hydrogen-bond donors (Lipinski definition) is 1. The molecule has 1 heterocycles. The van der Waals surface area contributed by atoms with Crippen molar-refractivity contribution in [2.75, 3.05) is 29.5 Å². The molecule has 1 aromatic carbocycles. The summed E-state index contributed by atoms with van der Waals surface area (Å²) in [6, 6.07) is 6.02. The maximum absolute atomic E-state index is 14.1. The van der Waals surface area contributed by atoms with Crippen molar-refractivity contribution in [3.05, 3.63) is 29.6 Å². The summed E-state index contributed by atoms with van der Waals surface area (Å²) in [5.74, 6) is 2.09. The lowest BCUT2D eigenvalue weighted by molar-refractivity contribution is 0.580. The lowest BCUT2D eigenvalue weighted by atomic mass is 10.1. The van der Waals surface area contributed by atoms with E-state index in [-0.39, 0.29) is 5.82 Å². The van der Waals surface area contributed by atoms with E-state index in [0.29, 0.717) is 6.04 Å². The standard InChI is InChI=1S/C14H21FN2S/c1-11(2)16-10-12-3-4-14(13(15)9-12)17-5-7-18-8-6-17/h3-4,9,11,16H,5-8,10H2,1-2H3. The summed E-state index contributed by atoms with van der Waals surface area (Å²) in [5.41, 5.74) is 1.76. The Labute approximate surface area is 113 Å². The highest BCUT2D eigenvalue weighted by Crippen LogP contribution is 2.23. The Morgan fingerprint density at radius 2 is 2.06 bits per heavy atom. The molecule has 0 radical (unpaired) electrons. The van der Waals surface area contributed by atoms with Gasteiger partial charge in [0.25, 0.3) is 0 Å². The van der Waals surface area contributed by atoms with E-state index in [9.17, 15) is 4.39 Å². The summed E-state index contributed by atoms with van der Waals surface area (Å²) >= 11 is 1.94. The van der Waals surface area contributed by atoms with Gasteiger partial charge in [-0.2, -0.15) is 11.8 Å². The lowest BCUT2D eigenvalue weighted by Crippen LogP contribution is -2.33. The second-order valence-electron chi connectivity index (χ2n) is 4.92. The van der Waals surface area contributed by atoms with Crippen molar-refractivity contribution in [2.24, 2.45) is 0 Å². The summed E-state index contributed by atoms with van der Waals surface area (Å²) in [4.78, 5) is 2.14. The molecule has 1 aliphatic heterocycles. The molecule has 18 heavy (non-hydrogen) atoms. The van der Waals surface area contributed by atoms with E-state index in [4.69, 9.17) is 0 Å². The van der Waals surface area contributed by atoms with Gasteiger partial charge in [-0.15, -0.1) is 0 Å². The molecule has 0 aliphatic carbocycles. The Kier molecular flexibility index (Phi) is 4.89. The molecule has 0 unspecified atom stereocenters. The zero-order chi connectivity index (χ0) is 13.0. The Balaban J connectivity index is 2.04. The van der Waals surface area contributed by atoms with Crippen LogP contribution in [0.4, 0.5) is 10.1 Å². The second-order valence-corrected chi connectivity index (χ2v) is 6.15. The molecule has 1 N–H and O–H groups in total. The van der Waals surface area contributed by atoms with Crippen LogP contribution in [-0.4, -0.2) is 30.6 Å². The number of halogens is 1. The summed E-state index contributed by atoms with van der Waals surface area (Å²) in [6.45, 7) is 6.81. The largest absolute Gasteiger partial charge is 0.368 e. The SMILES string of the molecule is CC(C)NCc1ccc(N2CCSCC2)c(F)c1. The third-order valence-corrected chi connectivity index (χ3v) is 4.02. The molecule has 0 saturated carbocycles. The zero-order valence-corrected chi connectivity index (χ0v) is 11.9. The van der Waals surface area contributed by atoms with E-state index in [1.165, 1.54) is 0 Å². The summed E-state index contributed by atoms with van der Waals surface area (Å²) in [7, 11) is 0. The van der Waals surface area contributed by atoms with E-state index >= 15 is 0 Å². The average Bonchev–Trinajstić information content (AvgIpc) is 2.37. The van der Waals surface area contributed by atoms with Gasteiger partial charge in [0.15, 0.2) is 0 Å². The molecule has 0 amide bonds. The van der Waals surface area contributed by atoms with Crippen LogP contribution in [0.25, 0.3) is 0 Å². The number of hydrogen-bond acceptors (Lipinski definition) is 3. The van der Waals surface area contributed by atoms with Crippen molar-refractivity contribution >= 4 is 17.4 Å². The molecular weight excluding hydrogens is 247 g/mol. The van der Waals surface area contributed by atoms with Crippen molar-refractivity contribution in [2.45, 2.75) is 26.4 Å². The highest BCUT2D eigenvalue weighted by atomic mass is 32.2. The fourth-order valence-electron chi connectivity index (χ4n) is 2.04. The molecular formula is C14H21FN2S. The first-order valence-electron chi connectivity index (χ1n) is 6.51. The van der Waals surface area contributed by atoms with Crippen LogP contribution in [-0.2, 0) is 6.54 Å². The van der Waals surface area contributed by atoms with E-state index in [1.807, 2.05) is 23.9 Å². The predicted molar refractivity (Wildman–Crippen MR) is 77.9 cm³/mol. The lowest BCUT2D eigenvalue weighted by Gasteiger charge is -2.29. The van der Waals surface area contributed by atoms with Gasteiger partial charge in [-0.25, -0.2) is 4.39 Å². The van der Waals surface area contributed by atoms with Crippen molar-refractivity contribution in [1.82, 2.24) is 5.32 Å². The van der Waals surface area contributed by atoms with Crippen LogP contribution in [0.1, 0.15) is 19.4 Å². The maximum Gasteiger partial charge on any atom is 0.146 e. The highest BCUT2D eigenvalue weighted by Gasteiger charge is 2.15. The first-order chi connectivity index (χ1) is 8.66. The highest BCUT2D eigenvalue weighted by molar-refractivity contribution is 7.99. The number of rotatable bonds is 4. The quantitative estimate of drug-likeness (QED) is 0.904. The summed E-state index contributed by atoms with van der Waals surface area (Å²) in [6.07, 6.45) is 0. The Morgan fingerprint density at radius 1 is 1.33 bits per heavy atom. The van der Waals surface area contributed by atoms with Crippen LogP contribution in [0.5, 0.6) is 0 Å². The molecule has 1 aromatic rings. The van der Waals surface area contributed by atoms with E-state index in [2.05, 4.69) is 24.1 Å². The third-order valence-electron chi connectivity index (χ3n) is 3.08. The Morgan fingerprint density at radius 3 is 2.67 bits per heavy atom. The van der Waals surface area contributed by atoms with Gasteiger partial charge in [-0.3, -0.25) is 0 Å². The second kappa shape index (κ2) is 6.43. The van der Waals surface area contributed by atoms with Gasteiger partial charge < -0.3 is 10.2 Å². The molecule has 1 saturated heterocycles. The van der Waals surface area contributed by atoms with Crippen molar-refractivity contribution in [3.63, 3.8) is 0 Å². The Hall–Kier alpha value is -0.740. The molecule has 1 fully saturated rings. The van der Waals surface area contributed by atoms with Crippen molar-refractivity contribution in [1.29, 1.82) is 0 Å². The first-order valence-corrected chi connectivity index (χ1v) is 7.67. The average molecular weight is 268 g/mol. The fourth-order valence-corrected chi connectivity index (χ4v) is 2.95. The summed E-state index contributed by atoms with van der Waals surface area (Å²) < 4.78 is 14.1. The number of benzene rings is 1. The topological polar surface area (TPSA) is 15.3 Å². The van der Waals surface area contributed by atoms with Crippen LogP contribution < -0.4 is 10.2 Å². The molecule has 100 valence electrons. The molecule has 2 rings (SSSR count). The molecule has 0 spiro atoms. The molecule has 0 aromatic heterocycles. The van der Waals surface area contributed by atoms with Crippen LogP contribution in [0.15, 0.2) is 18.2 Å². The molecule has 0 atom stereocenters. The van der Waals surface area contributed by atoms with Gasteiger partial charge >= 0.3 is 0 Å². The monoisotopic (exact) mass is 268 g/mol. The van der Waals surface area contributed by atoms with Gasteiger partial charge in [-0.05, 0) is 17.7 Å². The minimum Gasteiger partial charge on any atom is -0.368 e. The van der Waals surface area contributed by atoms with E-state index in [0.717, 1.165) is 42.4 Å². The number of nitrogens with zero attached hydrogens (tertiary/aromatic N) is 1. The van der Waals surface area contributed by atoms with Crippen LogP contribution in [0.3, 0.4) is 0 Å². The summed E-state index contributed by atoms with van der Waals surface area (Å²) in [5, 5.41) is 3.30. The number of nitrogens with one attached hydrogen (secondary N) is 1. The normalized spacial score (nSPS) is 16.3. The van der Waals surface area contributed by atoms with Gasteiger partial charge in [0, 0.05) is 37.2 Å². The zero-order valence-electron chi connectivity index (χ0n) is 11.1. The van der Waals surface area contributed by atoms with Gasteiger partial charge in [0.05, 0.1) is 5.69 Å². The smallest absolute Gasteiger partial charge is 0.146 e. The van der Waals surface area contributed by atoms with Gasteiger partial charge in [0.2, 0.25) is 0 Å². The van der Waals surface area contributed by atoms with Crippen LogP contribution in [0, 0.1) is 5.82 Å². The molecule has 2 nitrogen and oxygen atoms in total. The third kappa shape index (κ3) is 3.62.